The molecular formula is C16H30N6O7. The Morgan fingerprint density at radius 3 is 2.00 bits per heavy atom. The number of carboxylic acid groups (broad SMARTS) is 1. The minimum Gasteiger partial charge on any atom is -0.480 e. The van der Waals surface area contributed by atoms with E-state index in [1.165, 1.54) is 6.92 Å². The van der Waals surface area contributed by atoms with E-state index in [1.54, 1.807) is 0 Å². The average molecular weight is 418 g/mol. The number of aliphatic carboxylic acids is 1. The van der Waals surface area contributed by atoms with E-state index in [1.807, 2.05) is 0 Å². The quantitative estimate of drug-likeness (QED) is 0.128. The SMILES string of the molecule is CC(NC(=O)C(N)CC(N)=O)C(=O)NC(CCCCN)C(=O)NC(CO)C(=O)O. The highest BCUT2D eigenvalue weighted by atomic mass is 16.4. The van der Waals surface area contributed by atoms with Gasteiger partial charge in [0.1, 0.15) is 18.1 Å². The summed E-state index contributed by atoms with van der Waals surface area (Å²) in [4.78, 5) is 58.3. The zero-order valence-corrected chi connectivity index (χ0v) is 16.2. The lowest BCUT2D eigenvalue weighted by atomic mass is 10.1. The van der Waals surface area contributed by atoms with Crippen molar-refractivity contribution in [2.75, 3.05) is 13.2 Å². The number of amides is 4. The second kappa shape index (κ2) is 13.4. The van der Waals surface area contributed by atoms with E-state index < -0.39 is 66.8 Å². The number of rotatable bonds is 14. The van der Waals surface area contributed by atoms with Gasteiger partial charge in [-0.2, -0.15) is 0 Å². The van der Waals surface area contributed by atoms with Gasteiger partial charge in [0.2, 0.25) is 23.6 Å². The van der Waals surface area contributed by atoms with Gasteiger partial charge in [-0.15, -0.1) is 0 Å². The molecule has 0 aromatic rings. The molecule has 0 aliphatic carbocycles. The number of carboxylic acids is 1. The lowest BCUT2D eigenvalue weighted by Gasteiger charge is -2.23. The Morgan fingerprint density at radius 1 is 0.931 bits per heavy atom. The highest BCUT2D eigenvalue weighted by Crippen LogP contribution is 2.03. The molecule has 0 spiro atoms. The second-order valence-electron chi connectivity index (χ2n) is 6.43. The number of primary amides is 1. The number of hydrogen-bond acceptors (Lipinski definition) is 8. The maximum atomic E-state index is 12.3. The molecule has 0 saturated carbocycles. The number of aliphatic hydroxyl groups is 1. The summed E-state index contributed by atoms with van der Waals surface area (Å²) in [6.45, 7) is 0.877. The Hall–Kier alpha value is -2.77. The molecule has 29 heavy (non-hydrogen) atoms. The summed E-state index contributed by atoms with van der Waals surface area (Å²) in [7, 11) is 0. The molecule has 0 heterocycles. The minimum atomic E-state index is -1.53. The van der Waals surface area contributed by atoms with Crippen LogP contribution < -0.4 is 33.2 Å². The van der Waals surface area contributed by atoms with Crippen molar-refractivity contribution >= 4 is 29.6 Å². The molecule has 166 valence electrons. The fraction of sp³-hybridized carbons (Fsp3) is 0.688. The maximum Gasteiger partial charge on any atom is 0.328 e. The van der Waals surface area contributed by atoms with Crippen LogP contribution in [0.3, 0.4) is 0 Å². The zero-order valence-electron chi connectivity index (χ0n) is 16.2. The van der Waals surface area contributed by atoms with Gasteiger partial charge in [-0.1, -0.05) is 0 Å². The van der Waals surface area contributed by atoms with Gasteiger partial charge < -0.3 is 43.4 Å². The summed E-state index contributed by atoms with van der Waals surface area (Å²) in [6, 6.07) is -4.96. The Labute approximate surface area is 167 Å². The molecular weight excluding hydrogens is 388 g/mol. The van der Waals surface area contributed by atoms with Crippen LogP contribution in [0.1, 0.15) is 32.6 Å². The molecule has 0 rings (SSSR count). The van der Waals surface area contributed by atoms with Gasteiger partial charge in [0.05, 0.1) is 19.1 Å². The van der Waals surface area contributed by atoms with Crippen LogP contribution in [-0.4, -0.2) is 77.1 Å². The number of aliphatic hydroxyl groups excluding tert-OH is 1. The first-order valence-corrected chi connectivity index (χ1v) is 9.02. The molecule has 0 saturated heterocycles. The molecule has 0 aliphatic rings. The molecule has 0 fully saturated rings. The maximum absolute atomic E-state index is 12.3. The summed E-state index contributed by atoms with van der Waals surface area (Å²) in [5, 5.41) is 24.8. The van der Waals surface area contributed by atoms with Crippen molar-refractivity contribution in [2.45, 2.75) is 56.8 Å². The van der Waals surface area contributed by atoms with E-state index >= 15 is 0 Å². The lowest BCUT2D eigenvalue weighted by Crippen LogP contribution is -2.56. The first-order valence-electron chi connectivity index (χ1n) is 9.02. The summed E-state index contributed by atoms with van der Waals surface area (Å²) >= 11 is 0. The summed E-state index contributed by atoms with van der Waals surface area (Å²) in [5.74, 6) is -4.52. The third kappa shape index (κ3) is 10.4. The van der Waals surface area contributed by atoms with E-state index in [9.17, 15) is 24.0 Å². The molecule has 4 atom stereocenters. The van der Waals surface area contributed by atoms with Gasteiger partial charge in [0.25, 0.3) is 0 Å². The van der Waals surface area contributed by atoms with Crippen LogP contribution in [0.2, 0.25) is 0 Å². The van der Waals surface area contributed by atoms with Gasteiger partial charge in [-0.05, 0) is 32.7 Å². The van der Waals surface area contributed by atoms with Crippen molar-refractivity contribution in [3.63, 3.8) is 0 Å². The third-order valence-electron chi connectivity index (χ3n) is 3.89. The van der Waals surface area contributed by atoms with Crippen LogP contribution in [0.5, 0.6) is 0 Å². The Bertz CT molecular complexity index is 600. The van der Waals surface area contributed by atoms with Crippen LogP contribution in [0.15, 0.2) is 0 Å². The van der Waals surface area contributed by atoms with Gasteiger partial charge >= 0.3 is 5.97 Å². The molecule has 11 N–H and O–H groups in total. The number of carbonyl (C=O) groups is 5. The van der Waals surface area contributed by atoms with Crippen molar-refractivity contribution in [1.82, 2.24) is 16.0 Å². The molecule has 0 radical (unpaired) electrons. The van der Waals surface area contributed by atoms with Crippen LogP contribution in [0, 0.1) is 0 Å². The summed E-state index contributed by atoms with van der Waals surface area (Å²) in [6.07, 6.45) is 0.794. The predicted molar refractivity (Wildman–Crippen MR) is 101 cm³/mol. The molecule has 0 bridgehead atoms. The molecule has 13 nitrogen and oxygen atoms in total. The molecule has 4 unspecified atom stereocenters. The van der Waals surface area contributed by atoms with Crippen molar-refractivity contribution in [1.29, 1.82) is 0 Å². The smallest absolute Gasteiger partial charge is 0.328 e. The Balaban J connectivity index is 5.00. The topological polar surface area (TPSA) is 240 Å². The van der Waals surface area contributed by atoms with E-state index in [0.717, 1.165) is 0 Å². The monoisotopic (exact) mass is 418 g/mol. The van der Waals surface area contributed by atoms with E-state index in [4.69, 9.17) is 27.4 Å². The number of nitrogens with two attached hydrogens (primary N) is 3. The molecule has 13 heteroatoms. The van der Waals surface area contributed by atoms with E-state index in [-0.39, 0.29) is 6.42 Å². The number of unbranched alkanes of at least 4 members (excludes halogenated alkanes) is 1. The number of nitrogens with one attached hydrogen (secondary N) is 3. The normalized spacial score (nSPS) is 14.8. The zero-order chi connectivity index (χ0) is 22.6. The fourth-order valence-corrected chi connectivity index (χ4v) is 2.21. The van der Waals surface area contributed by atoms with Gasteiger partial charge in [-0.25, -0.2) is 4.79 Å². The summed E-state index contributed by atoms with van der Waals surface area (Å²) < 4.78 is 0. The van der Waals surface area contributed by atoms with E-state index in [2.05, 4.69) is 16.0 Å². The number of hydrogen-bond donors (Lipinski definition) is 8. The molecule has 4 amide bonds. The predicted octanol–water partition coefficient (Wildman–Crippen LogP) is -4.13. The van der Waals surface area contributed by atoms with Gasteiger partial charge in [0.15, 0.2) is 0 Å². The first-order chi connectivity index (χ1) is 13.5. The number of carbonyl (C=O) groups excluding carboxylic acids is 4. The summed E-state index contributed by atoms with van der Waals surface area (Å²) in [5.41, 5.74) is 15.9. The van der Waals surface area contributed by atoms with E-state index in [0.29, 0.717) is 19.4 Å². The largest absolute Gasteiger partial charge is 0.480 e. The van der Waals surface area contributed by atoms with Crippen molar-refractivity contribution in [2.24, 2.45) is 17.2 Å². The van der Waals surface area contributed by atoms with Crippen molar-refractivity contribution in [3.8, 4) is 0 Å². The Kier molecular flexibility index (Phi) is 12.1. The fourth-order valence-electron chi connectivity index (χ4n) is 2.21. The minimum absolute atomic E-state index is 0.161. The Morgan fingerprint density at radius 2 is 1.52 bits per heavy atom. The highest BCUT2D eigenvalue weighted by Gasteiger charge is 2.28. The average Bonchev–Trinajstić information content (AvgIpc) is 2.63. The van der Waals surface area contributed by atoms with Crippen LogP contribution in [-0.2, 0) is 24.0 Å². The first kappa shape index (κ1) is 26.2. The van der Waals surface area contributed by atoms with Crippen LogP contribution >= 0.6 is 0 Å². The highest BCUT2D eigenvalue weighted by molar-refractivity contribution is 5.94. The third-order valence-corrected chi connectivity index (χ3v) is 3.89. The van der Waals surface area contributed by atoms with Gasteiger partial charge in [0, 0.05) is 0 Å². The van der Waals surface area contributed by atoms with Gasteiger partial charge in [-0.3, -0.25) is 19.2 Å². The van der Waals surface area contributed by atoms with Crippen molar-refractivity contribution in [3.05, 3.63) is 0 Å². The van der Waals surface area contributed by atoms with Crippen LogP contribution in [0.4, 0.5) is 0 Å². The second-order valence-corrected chi connectivity index (χ2v) is 6.43. The lowest BCUT2D eigenvalue weighted by molar-refractivity contribution is -0.143. The van der Waals surface area contributed by atoms with Crippen molar-refractivity contribution < 1.29 is 34.2 Å². The molecule has 0 aliphatic heterocycles. The van der Waals surface area contributed by atoms with Crippen LogP contribution in [0.25, 0.3) is 0 Å². The standard InChI is InChI=1S/C16H30N6O7/c1-8(20-14(26)9(18)6-12(19)24)13(25)21-10(4-2-3-5-17)15(27)22-11(7-23)16(28)29/h8-11,23H,2-7,17-18H2,1H3,(H2,19,24)(H,20,26)(H,21,25)(H,22,27)(H,28,29). The molecule has 0 aromatic carbocycles. The molecule has 0 aromatic heterocycles.